The molecular weight excluding hydrogens is 274 g/mol. The zero-order valence-electron chi connectivity index (χ0n) is 9.21. The van der Waals surface area contributed by atoms with Gasteiger partial charge in [-0.3, -0.25) is 9.59 Å². The van der Waals surface area contributed by atoms with E-state index in [0.29, 0.717) is 12.2 Å². The number of carbonyl (C=O) groups is 2. The first-order valence-corrected chi connectivity index (χ1v) is 5.70. The highest BCUT2D eigenvalue weighted by molar-refractivity contribution is 9.10. The molecule has 2 amide bonds. The van der Waals surface area contributed by atoms with Crippen LogP contribution in [0.15, 0.2) is 16.7 Å². The first-order chi connectivity index (χ1) is 7.54. The fraction of sp³-hybridized carbons (Fsp3) is 0.400. The Kier molecular flexibility index (Phi) is 4.54. The number of nitrogens with one attached hydrogen (secondary N) is 2. The summed E-state index contributed by atoms with van der Waals surface area (Å²) in [7, 11) is 1.69. The van der Waals surface area contributed by atoms with Gasteiger partial charge < -0.3 is 15.2 Å². The van der Waals surface area contributed by atoms with Gasteiger partial charge in [-0.05, 0) is 28.9 Å². The van der Waals surface area contributed by atoms with Crippen LogP contribution in [-0.4, -0.2) is 41.8 Å². The normalized spacial score (nSPS) is 9.94. The van der Waals surface area contributed by atoms with Crippen LogP contribution in [0.25, 0.3) is 0 Å². The summed E-state index contributed by atoms with van der Waals surface area (Å²) in [6, 6.07) is 1.66. The zero-order chi connectivity index (χ0) is 12.1. The van der Waals surface area contributed by atoms with Crippen LogP contribution in [0.1, 0.15) is 17.4 Å². The molecule has 88 valence electrons. The number of amides is 2. The van der Waals surface area contributed by atoms with Crippen molar-refractivity contribution in [2.45, 2.75) is 6.92 Å². The maximum Gasteiger partial charge on any atom is 0.268 e. The number of aromatic nitrogens is 1. The quantitative estimate of drug-likeness (QED) is 0.867. The smallest absolute Gasteiger partial charge is 0.268 e. The number of hydrogen-bond donors (Lipinski definition) is 2. The van der Waals surface area contributed by atoms with Crippen LogP contribution in [0.3, 0.4) is 0 Å². The molecule has 1 rings (SSSR count). The van der Waals surface area contributed by atoms with Gasteiger partial charge >= 0.3 is 0 Å². The third-order valence-corrected chi connectivity index (χ3v) is 2.65. The number of likely N-dealkylation sites (N-methyl/N-ethyl adjacent to an activating group) is 1. The summed E-state index contributed by atoms with van der Waals surface area (Å²) in [5.74, 6) is -0.398. The Balaban J connectivity index is 2.44. The van der Waals surface area contributed by atoms with Crippen molar-refractivity contribution in [1.29, 1.82) is 0 Å². The van der Waals surface area contributed by atoms with Crippen molar-refractivity contribution < 1.29 is 9.59 Å². The van der Waals surface area contributed by atoms with Gasteiger partial charge in [0.05, 0.1) is 6.54 Å². The average molecular weight is 288 g/mol. The van der Waals surface area contributed by atoms with E-state index in [1.165, 1.54) is 0 Å². The van der Waals surface area contributed by atoms with Crippen LogP contribution >= 0.6 is 15.9 Å². The molecule has 0 atom stereocenters. The SMILES string of the molecule is CCN(C)C(=O)CNC(=O)c1cc(Br)c[nH]1. The van der Waals surface area contributed by atoms with Crippen molar-refractivity contribution in [3.8, 4) is 0 Å². The van der Waals surface area contributed by atoms with E-state index in [1.54, 1.807) is 24.2 Å². The molecule has 1 aromatic rings. The summed E-state index contributed by atoms with van der Waals surface area (Å²) >= 11 is 3.23. The van der Waals surface area contributed by atoms with Gasteiger partial charge in [0.1, 0.15) is 5.69 Å². The summed E-state index contributed by atoms with van der Waals surface area (Å²) < 4.78 is 0.801. The number of hydrogen-bond acceptors (Lipinski definition) is 2. The molecule has 6 heteroatoms. The highest BCUT2D eigenvalue weighted by atomic mass is 79.9. The number of halogens is 1. The number of rotatable bonds is 4. The van der Waals surface area contributed by atoms with Gasteiger partial charge in [-0.25, -0.2) is 0 Å². The van der Waals surface area contributed by atoms with E-state index in [-0.39, 0.29) is 18.4 Å². The highest BCUT2D eigenvalue weighted by Gasteiger charge is 2.11. The molecule has 0 spiro atoms. The largest absolute Gasteiger partial charge is 0.356 e. The molecule has 0 fully saturated rings. The molecule has 0 aromatic carbocycles. The van der Waals surface area contributed by atoms with Crippen molar-refractivity contribution in [3.05, 3.63) is 22.4 Å². The lowest BCUT2D eigenvalue weighted by Crippen LogP contribution is -2.38. The molecule has 0 unspecified atom stereocenters. The minimum atomic E-state index is -0.288. The van der Waals surface area contributed by atoms with Crippen molar-refractivity contribution in [2.75, 3.05) is 20.1 Å². The molecule has 0 saturated heterocycles. The fourth-order valence-electron chi connectivity index (χ4n) is 1.06. The predicted molar refractivity (Wildman–Crippen MR) is 64.1 cm³/mol. The Morgan fingerprint density at radius 1 is 1.56 bits per heavy atom. The molecule has 1 heterocycles. The molecule has 0 bridgehead atoms. The van der Waals surface area contributed by atoms with E-state index >= 15 is 0 Å². The summed E-state index contributed by atoms with van der Waals surface area (Å²) in [5.41, 5.74) is 0.429. The van der Waals surface area contributed by atoms with Gasteiger partial charge in [0, 0.05) is 24.3 Å². The Labute approximate surface area is 102 Å². The van der Waals surface area contributed by atoms with Gasteiger partial charge in [0.2, 0.25) is 5.91 Å². The Bertz CT molecular complexity index is 389. The van der Waals surface area contributed by atoms with Gasteiger partial charge in [-0.2, -0.15) is 0 Å². The maximum atomic E-state index is 11.5. The summed E-state index contributed by atoms with van der Waals surface area (Å²) in [6.45, 7) is 2.52. The first-order valence-electron chi connectivity index (χ1n) is 4.90. The van der Waals surface area contributed by atoms with E-state index in [1.807, 2.05) is 6.92 Å². The van der Waals surface area contributed by atoms with E-state index in [9.17, 15) is 9.59 Å². The molecule has 16 heavy (non-hydrogen) atoms. The Morgan fingerprint density at radius 3 is 2.75 bits per heavy atom. The number of H-pyrrole nitrogens is 1. The second-order valence-corrected chi connectivity index (χ2v) is 4.24. The van der Waals surface area contributed by atoms with Crippen LogP contribution in [0.5, 0.6) is 0 Å². The lowest BCUT2D eigenvalue weighted by Gasteiger charge is -2.14. The third-order valence-electron chi connectivity index (χ3n) is 2.19. The van der Waals surface area contributed by atoms with E-state index < -0.39 is 0 Å². The molecule has 0 aliphatic rings. The molecule has 0 radical (unpaired) electrons. The minimum Gasteiger partial charge on any atom is -0.356 e. The Morgan fingerprint density at radius 2 is 2.25 bits per heavy atom. The first kappa shape index (κ1) is 12.8. The molecule has 2 N–H and O–H groups in total. The van der Waals surface area contributed by atoms with Crippen LogP contribution in [0, 0.1) is 0 Å². The van der Waals surface area contributed by atoms with Crippen molar-refractivity contribution in [3.63, 3.8) is 0 Å². The Hall–Kier alpha value is -1.30. The molecule has 0 saturated carbocycles. The van der Waals surface area contributed by atoms with Gasteiger partial charge in [0.25, 0.3) is 5.91 Å². The molecular formula is C10H14BrN3O2. The lowest BCUT2D eigenvalue weighted by molar-refractivity contribution is -0.128. The van der Waals surface area contributed by atoms with Crippen LogP contribution in [0.4, 0.5) is 0 Å². The maximum absolute atomic E-state index is 11.5. The number of carbonyl (C=O) groups excluding carboxylic acids is 2. The van der Waals surface area contributed by atoms with E-state index in [2.05, 4.69) is 26.2 Å². The molecule has 0 aliphatic heterocycles. The second-order valence-electron chi connectivity index (χ2n) is 3.32. The third kappa shape index (κ3) is 3.37. The predicted octanol–water partition coefficient (Wildman–Crippen LogP) is 0.985. The standard InChI is InChI=1S/C10H14BrN3O2/c1-3-14(2)9(15)6-13-10(16)8-4-7(11)5-12-8/h4-5,12H,3,6H2,1-2H3,(H,13,16). The molecule has 5 nitrogen and oxygen atoms in total. The molecule has 1 aromatic heterocycles. The van der Waals surface area contributed by atoms with Crippen LogP contribution in [-0.2, 0) is 4.79 Å². The average Bonchev–Trinajstić information content (AvgIpc) is 2.71. The summed E-state index contributed by atoms with van der Waals surface area (Å²) in [5, 5.41) is 2.55. The zero-order valence-corrected chi connectivity index (χ0v) is 10.8. The lowest BCUT2D eigenvalue weighted by atomic mass is 10.4. The fourth-order valence-corrected chi connectivity index (χ4v) is 1.40. The van der Waals surface area contributed by atoms with Crippen molar-refractivity contribution in [2.24, 2.45) is 0 Å². The topological polar surface area (TPSA) is 65.2 Å². The van der Waals surface area contributed by atoms with Crippen molar-refractivity contribution in [1.82, 2.24) is 15.2 Å². The van der Waals surface area contributed by atoms with Gasteiger partial charge in [-0.1, -0.05) is 0 Å². The second kappa shape index (κ2) is 5.69. The van der Waals surface area contributed by atoms with Crippen molar-refractivity contribution >= 4 is 27.7 Å². The monoisotopic (exact) mass is 287 g/mol. The van der Waals surface area contributed by atoms with Crippen LogP contribution < -0.4 is 5.32 Å². The molecule has 0 aliphatic carbocycles. The van der Waals surface area contributed by atoms with Gasteiger partial charge in [-0.15, -0.1) is 0 Å². The number of aromatic amines is 1. The number of nitrogens with zero attached hydrogens (tertiary/aromatic N) is 1. The summed E-state index contributed by atoms with van der Waals surface area (Å²) in [6.07, 6.45) is 1.66. The van der Waals surface area contributed by atoms with E-state index in [0.717, 1.165) is 4.47 Å². The van der Waals surface area contributed by atoms with Crippen LogP contribution in [0.2, 0.25) is 0 Å². The summed E-state index contributed by atoms with van der Waals surface area (Å²) in [4.78, 5) is 27.3. The minimum absolute atomic E-state index is 0.0137. The van der Waals surface area contributed by atoms with Gasteiger partial charge in [0.15, 0.2) is 0 Å². The van der Waals surface area contributed by atoms with E-state index in [4.69, 9.17) is 0 Å². The highest BCUT2D eigenvalue weighted by Crippen LogP contribution is 2.10.